The quantitative estimate of drug-likeness (QED) is 0.794. The molecule has 0 amide bonds. The molecule has 1 atom stereocenters. The van der Waals surface area contributed by atoms with Gasteiger partial charge in [-0.2, -0.15) is 0 Å². The van der Waals surface area contributed by atoms with Gasteiger partial charge in [-0.1, -0.05) is 37.3 Å². The Balaban J connectivity index is 1.82. The highest BCUT2D eigenvalue weighted by molar-refractivity contribution is 5.53. The molecule has 0 aliphatic heterocycles. The van der Waals surface area contributed by atoms with Crippen LogP contribution in [0.1, 0.15) is 31.7 Å². The fraction of sp³-hybridized carbons (Fsp3) is 0.353. The Bertz CT molecular complexity index is 511. The van der Waals surface area contributed by atoms with Crippen molar-refractivity contribution in [3.05, 3.63) is 54.4 Å². The number of nitrogens with one attached hydrogen (secondary N) is 2. The molecule has 1 aromatic heterocycles. The second kappa shape index (κ2) is 7.53. The largest absolute Gasteiger partial charge is 0.384 e. The summed E-state index contributed by atoms with van der Waals surface area (Å²) >= 11 is 0. The van der Waals surface area contributed by atoms with E-state index in [0.29, 0.717) is 5.92 Å². The number of rotatable bonds is 7. The maximum absolute atomic E-state index is 4.23. The minimum Gasteiger partial charge on any atom is -0.384 e. The molecule has 0 saturated heterocycles. The van der Waals surface area contributed by atoms with Crippen molar-refractivity contribution in [2.24, 2.45) is 0 Å². The molecule has 106 valence electrons. The lowest BCUT2D eigenvalue weighted by molar-refractivity contribution is 0.706. The molecule has 1 heterocycles. The molecule has 2 rings (SSSR count). The van der Waals surface area contributed by atoms with Gasteiger partial charge >= 0.3 is 0 Å². The first kappa shape index (κ1) is 14.4. The topological polar surface area (TPSA) is 37.0 Å². The maximum atomic E-state index is 4.23. The fourth-order valence-electron chi connectivity index (χ4n) is 2.22. The van der Waals surface area contributed by atoms with Crippen molar-refractivity contribution in [2.75, 3.05) is 23.7 Å². The minimum absolute atomic E-state index is 0.564. The van der Waals surface area contributed by atoms with Crippen LogP contribution < -0.4 is 10.6 Å². The molecule has 2 aromatic rings. The van der Waals surface area contributed by atoms with Crippen LogP contribution in [0.3, 0.4) is 0 Å². The molecule has 0 saturated carbocycles. The second-order valence-corrected chi connectivity index (χ2v) is 5.02. The van der Waals surface area contributed by atoms with Crippen LogP contribution in [0.25, 0.3) is 0 Å². The lowest BCUT2D eigenvalue weighted by atomic mass is 9.98. The lowest BCUT2D eigenvalue weighted by Gasteiger charge is -2.13. The van der Waals surface area contributed by atoms with Gasteiger partial charge in [-0.25, -0.2) is 0 Å². The summed E-state index contributed by atoms with van der Waals surface area (Å²) in [4.78, 5) is 4.23. The molecule has 2 N–H and O–H groups in total. The number of aromatic nitrogens is 1. The summed E-state index contributed by atoms with van der Waals surface area (Å²) in [5.41, 5.74) is 3.53. The first-order chi connectivity index (χ1) is 9.79. The van der Waals surface area contributed by atoms with Gasteiger partial charge in [-0.05, 0) is 30.9 Å². The Morgan fingerprint density at radius 3 is 2.45 bits per heavy atom. The van der Waals surface area contributed by atoms with Crippen molar-refractivity contribution in [1.29, 1.82) is 0 Å². The Kier molecular flexibility index (Phi) is 5.42. The number of nitrogens with zero attached hydrogens (tertiary/aromatic N) is 1. The first-order valence-electron chi connectivity index (χ1n) is 7.27. The fourth-order valence-corrected chi connectivity index (χ4v) is 2.22. The molecule has 0 aliphatic carbocycles. The van der Waals surface area contributed by atoms with E-state index in [-0.39, 0.29) is 0 Å². The third-order valence-electron chi connectivity index (χ3n) is 3.39. The predicted octanol–water partition coefficient (Wildman–Crippen LogP) is 4.12. The van der Waals surface area contributed by atoms with E-state index >= 15 is 0 Å². The van der Waals surface area contributed by atoms with Gasteiger partial charge in [0.05, 0.1) is 23.8 Å². The average molecular weight is 269 g/mol. The highest BCUT2D eigenvalue weighted by Crippen LogP contribution is 2.19. The minimum atomic E-state index is 0.564. The predicted molar refractivity (Wildman–Crippen MR) is 86.4 cm³/mol. The van der Waals surface area contributed by atoms with Crippen LogP contribution in [0.4, 0.5) is 11.4 Å². The zero-order valence-corrected chi connectivity index (χ0v) is 12.3. The number of hydrogen-bond acceptors (Lipinski definition) is 3. The SMILES string of the molecule is CCNc1cncc(NCCC(C)c2ccccc2)c1. The van der Waals surface area contributed by atoms with Gasteiger partial charge in [0.1, 0.15) is 0 Å². The Morgan fingerprint density at radius 2 is 1.75 bits per heavy atom. The average Bonchev–Trinajstić information content (AvgIpc) is 2.49. The van der Waals surface area contributed by atoms with Crippen molar-refractivity contribution in [3.63, 3.8) is 0 Å². The second-order valence-electron chi connectivity index (χ2n) is 5.02. The standard InChI is InChI=1S/C17H23N3/c1-3-19-16-11-17(13-18-12-16)20-10-9-14(2)15-7-5-4-6-8-15/h4-8,11-14,19-20H,3,9-10H2,1-2H3. The molecule has 0 aliphatic rings. The lowest BCUT2D eigenvalue weighted by Crippen LogP contribution is -2.07. The summed E-state index contributed by atoms with van der Waals surface area (Å²) in [5.74, 6) is 0.564. The molecule has 0 fully saturated rings. The van der Waals surface area contributed by atoms with Crippen LogP contribution in [-0.4, -0.2) is 18.1 Å². The number of pyridine rings is 1. The molecule has 0 spiro atoms. The van der Waals surface area contributed by atoms with E-state index in [1.165, 1.54) is 5.56 Å². The van der Waals surface area contributed by atoms with Gasteiger partial charge in [0.2, 0.25) is 0 Å². The van der Waals surface area contributed by atoms with E-state index in [4.69, 9.17) is 0 Å². The first-order valence-corrected chi connectivity index (χ1v) is 7.27. The number of hydrogen-bond donors (Lipinski definition) is 2. The summed E-state index contributed by atoms with van der Waals surface area (Å²) in [7, 11) is 0. The van der Waals surface area contributed by atoms with E-state index in [2.05, 4.69) is 65.9 Å². The Labute approximate surface area is 121 Å². The summed E-state index contributed by atoms with van der Waals surface area (Å²) in [6.07, 6.45) is 4.82. The third kappa shape index (κ3) is 4.26. The van der Waals surface area contributed by atoms with E-state index in [9.17, 15) is 0 Å². The van der Waals surface area contributed by atoms with Crippen molar-refractivity contribution < 1.29 is 0 Å². The highest BCUT2D eigenvalue weighted by atomic mass is 14.9. The van der Waals surface area contributed by atoms with Crippen molar-refractivity contribution in [2.45, 2.75) is 26.2 Å². The van der Waals surface area contributed by atoms with E-state index in [0.717, 1.165) is 30.9 Å². The molecule has 3 nitrogen and oxygen atoms in total. The highest BCUT2D eigenvalue weighted by Gasteiger charge is 2.04. The number of benzene rings is 1. The Morgan fingerprint density at radius 1 is 1.05 bits per heavy atom. The van der Waals surface area contributed by atoms with Crippen LogP contribution in [0, 0.1) is 0 Å². The van der Waals surface area contributed by atoms with Crippen LogP contribution in [0.2, 0.25) is 0 Å². The van der Waals surface area contributed by atoms with E-state index < -0.39 is 0 Å². The maximum Gasteiger partial charge on any atom is 0.0547 e. The van der Waals surface area contributed by atoms with Gasteiger partial charge < -0.3 is 10.6 Å². The smallest absolute Gasteiger partial charge is 0.0547 e. The summed E-state index contributed by atoms with van der Waals surface area (Å²) in [5, 5.41) is 6.71. The molecule has 1 aromatic carbocycles. The summed E-state index contributed by atoms with van der Waals surface area (Å²) < 4.78 is 0. The summed E-state index contributed by atoms with van der Waals surface area (Å²) in [6.45, 7) is 6.22. The van der Waals surface area contributed by atoms with Crippen LogP contribution in [-0.2, 0) is 0 Å². The zero-order chi connectivity index (χ0) is 14.2. The molecule has 3 heteroatoms. The van der Waals surface area contributed by atoms with Gasteiger partial charge in [-0.15, -0.1) is 0 Å². The van der Waals surface area contributed by atoms with Gasteiger partial charge in [0.25, 0.3) is 0 Å². The van der Waals surface area contributed by atoms with Crippen LogP contribution >= 0.6 is 0 Å². The van der Waals surface area contributed by atoms with E-state index in [1.807, 2.05) is 12.4 Å². The molecular weight excluding hydrogens is 246 g/mol. The Hall–Kier alpha value is -2.03. The van der Waals surface area contributed by atoms with Gasteiger partial charge in [0, 0.05) is 13.1 Å². The van der Waals surface area contributed by atoms with E-state index in [1.54, 1.807) is 0 Å². The van der Waals surface area contributed by atoms with Crippen molar-refractivity contribution in [3.8, 4) is 0 Å². The number of anilines is 2. The molecule has 0 radical (unpaired) electrons. The molecule has 20 heavy (non-hydrogen) atoms. The molecule has 0 bridgehead atoms. The van der Waals surface area contributed by atoms with Gasteiger partial charge in [-0.3, -0.25) is 4.98 Å². The molecule has 1 unspecified atom stereocenters. The zero-order valence-electron chi connectivity index (χ0n) is 12.3. The molecular formula is C17H23N3. The van der Waals surface area contributed by atoms with Gasteiger partial charge in [0.15, 0.2) is 0 Å². The monoisotopic (exact) mass is 269 g/mol. The van der Waals surface area contributed by atoms with Crippen LogP contribution in [0.15, 0.2) is 48.8 Å². The van der Waals surface area contributed by atoms with Crippen molar-refractivity contribution in [1.82, 2.24) is 4.98 Å². The summed E-state index contributed by atoms with van der Waals surface area (Å²) in [6, 6.07) is 12.7. The third-order valence-corrected chi connectivity index (χ3v) is 3.39. The van der Waals surface area contributed by atoms with Crippen molar-refractivity contribution >= 4 is 11.4 Å². The normalized spacial score (nSPS) is 11.9. The van der Waals surface area contributed by atoms with Crippen LogP contribution in [0.5, 0.6) is 0 Å².